The normalized spacial score (nSPS) is 9.88. The second-order valence-corrected chi connectivity index (χ2v) is 3.78. The summed E-state index contributed by atoms with van der Waals surface area (Å²) in [4.78, 5) is 0. The number of rotatable bonds is 3. The molecule has 0 saturated heterocycles. The number of hydrogen-bond donors (Lipinski definition) is 2. The Morgan fingerprint density at radius 2 is 2.18 bits per heavy atom. The molecule has 4 heteroatoms. The van der Waals surface area contributed by atoms with E-state index < -0.39 is 0 Å². The number of anilines is 2. The molecule has 0 aliphatic carbocycles. The van der Waals surface area contributed by atoms with Crippen molar-refractivity contribution in [3.63, 3.8) is 0 Å². The first-order valence-corrected chi connectivity index (χ1v) is 5.28. The highest BCUT2D eigenvalue weighted by Gasteiger charge is 2.02. The summed E-state index contributed by atoms with van der Waals surface area (Å²) in [5.41, 5.74) is 7.76. The van der Waals surface area contributed by atoms with E-state index in [0.29, 0.717) is 17.8 Å². The first-order chi connectivity index (χ1) is 8.19. The maximum atomic E-state index is 8.80. The molecule has 1 aromatic heterocycles. The summed E-state index contributed by atoms with van der Waals surface area (Å²) in [6, 6.07) is 11.0. The minimum Gasteiger partial charge on any atom is -0.465 e. The molecule has 0 amide bonds. The number of nitriles is 1. The van der Waals surface area contributed by atoms with E-state index in [4.69, 9.17) is 15.4 Å². The zero-order valence-corrected chi connectivity index (χ0v) is 9.53. The number of nitrogens with one attached hydrogen (secondary N) is 1. The van der Waals surface area contributed by atoms with Crippen LogP contribution in [0.25, 0.3) is 0 Å². The average Bonchev–Trinajstić information content (AvgIpc) is 2.74. The fraction of sp³-hybridized carbons (Fsp3) is 0.154. The first kappa shape index (κ1) is 11.1. The Kier molecular flexibility index (Phi) is 3.01. The van der Waals surface area contributed by atoms with E-state index in [-0.39, 0.29) is 0 Å². The molecular weight excluding hydrogens is 214 g/mol. The Hall–Kier alpha value is -2.41. The van der Waals surface area contributed by atoms with Gasteiger partial charge in [0.1, 0.15) is 11.5 Å². The molecule has 0 bridgehead atoms. The van der Waals surface area contributed by atoms with E-state index in [1.165, 1.54) is 0 Å². The summed E-state index contributed by atoms with van der Waals surface area (Å²) >= 11 is 0. The Labute approximate surface area is 99.7 Å². The average molecular weight is 227 g/mol. The molecule has 1 aromatic carbocycles. The van der Waals surface area contributed by atoms with Gasteiger partial charge in [0.15, 0.2) is 0 Å². The Morgan fingerprint density at radius 3 is 2.82 bits per heavy atom. The van der Waals surface area contributed by atoms with Crippen LogP contribution in [0.1, 0.15) is 17.1 Å². The van der Waals surface area contributed by atoms with Crippen LogP contribution in [-0.2, 0) is 6.54 Å². The van der Waals surface area contributed by atoms with Gasteiger partial charge in [-0.05, 0) is 37.3 Å². The molecule has 4 nitrogen and oxygen atoms in total. The minimum absolute atomic E-state index is 0.549. The first-order valence-electron chi connectivity index (χ1n) is 5.28. The van der Waals surface area contributed by atoms with Gasteiger partial charge in [-0.1, -0.05) is 0 Å². The number of benzene rings is 1. The van der Waals surface area contributed by atoms with Gasteiger partial charge < -0.3 is 15.5 Å². The number of hydrogen-bond acceptors (Lipinski definition) is 4. The maximum absolute atomic E-state index is 8.80. The number of aryl methyl sites for hydroxylation is 1. The van der Waals surface area contributed by atoms with Gasteiger partial charge in [-0.3, -0.25) is 0 Å². The van der Waals surface area contributed by atoms with E-state index >= 15 is 0 Å². The quantitative estimate of drug-likeness (QED) is 0.790. The van der Waals surface area contributed by atoms with Gasteiger partial charge in [0.25, 0.3) is 0 Å². The molecule has 2 aromatic rings. The second-order valence-electron chi connectivity index (χ2n) is 3.78. The third-order valence-electron chi connectivity index (χ3n) is 2.43. The highest BCUT2D eigenvalue weighted by atomic mass is 16.3. The van der Waals surface area contributed by atoms with E-state index in [1.807, 2.05) is 19.1 Å². The van der Waals surface area contributed by atoms with Crippen LogP contribution in [0, 0.1) is 18.3 Å². The van der Waals surface area contributed by atoms with Crippen molar-refractivity contribution in [2.24, 2.45) is 0 Å². The van der Waals surface area contributed by atoms with Gasteiger partial charge in [-0.15, -0.1) is 0 Å². The lowest BCUT2D eigenvalue weighted by molar-refractivity contribution is 0.490. The molecule has 0 aliphatic heterocycles. The van der Waals surface area contributed by atoms with Crippen LogP contribution in [0.15, 0.2) is 34.7 Å². The van der Waals surface area contributed by atoms with Crippen LogP contribution in [0.3, 0.4) is 0 Å². The molecule has 0 saturated carbocycles. The lowest BCUT2D eigenvalue weighted by Gasteiger charge is -2.07. The van der Waals surface area contributed by atoms with Gasteiger partial charge in [0, 0.05) is 0 Å². The lowest BCUT2D eigenvalue weighted by Crippen LogP contribution is -2.02. The molecule has 0 spiro atoms. The van der Waals surface area contributed by atoms with Crippen LogP contribution in [0.2, 0.25) is 0 Å². The van der Waals surface area contributed by atoms with E-state index in [2.05, 4.69) is 11.4 Å². The molecule has 0 unspecified atom stereocenters. The Morgan fingerprint density at radius 1 is 1.35 bits per heavy atom. The number of nitrogens with two attached hydrogens (primary N) is 1. The number of nitrogen functional groups attached to an aromatic ring is 1. The molecule has 0 fully saturated rings. The van der Waals surface area contributed by atoms with Crippen molar-refractivity contribution in [2.45, 2.75) is 13.5 Å². The molecule has 1 heterocycles. The van der Waals surface area contributed by atoms with Crippen molar-refractivity contribution in [3.05, 3.63) is 47.4 Å². The predicted octanol–water partition coefficient (Wildman–Crippen LogP) is 2.65. The summed E-state index contributed by atoms with van der Waals surface area (Å²) in [5, 5.41) is 12.0. The smallest absolute Gasteiger partial charge is 0.123 e. The van der Waals surface area contributed by atoms with Gasteiger partial charge in [0.2, 0.25) is 0 Å². The van der Waals surface area contributed by atoms with Crippen molar-refractivity contribution in [2.75, 3.05) is 11.1 Å². The highest BCUT2D eigenvalue weighted by molar-refractivity contribution is 5.68. The standard InChI is InChI=1S/C13H13N3O/c1-9-2-4-11(17-9)8-16-13-6-10(7-14)3-5-12(13)15/h2-6,16H,8,15H2,1H3. The highest BCUT2D eigenvalue weighted by Crippen LogP contribution is 2.20. The number of furan rings is 1. The fourth-order valence-electron chi connectivity index (χ4n) is 1.54. The SMILES string of the molecule is Cc1ccc(CNc2cc(C#N)ccc2N)o1. The van der Waals surface area contributed by atoms with Crippen molar-refractivity contribution in [3.8, 4) is 6.07 Å². The summed E-state index contributed by atoms with van der Waals surface area (Å²) in [5.74, 6) is 1.71. The van der Waals surface area contributed by atoms with E-state index in [9.17, 15) is 0 Å². The second kappa shape index (κ2) is 4.62. The maximum Gasteiger partial charge on any atom is 0.123 e. The van der Waals surface area contributed by atoms with Crippen LogP contribution in [-0.4, -0.2) is 0 Å². The summed E-state index contributed by atoms with van der Waals surface area (Å²) in [6.07, 6.45) is 0. The Bertz CT molecular complexity index is 566. The molecular formula is C13H13N3O. The summed E-state index contributed by atoms with van der Waals surface area (Å²) in [6.45, 7) is 2.45. The monoisotopic (exact) mass is 227 g/mol. The zero-order valence-electron chi connectivity index (χ0n) is 9.53. The molecule has 0 aliphatic rings. The molecule has 0 radical (unpaired) electrons. The van der Waals surface area contributed by atoms with Crippen molar-refractivity contribution < 1.29 is 4.42 Å². The third-order valence-corrected chi connectivity index (χ3v) is 2.43. The molecule has 2 rings (SSSR count). The molecule has 86 valence electrons. The molecule has 3 N–H and O–H groups in total. The predicted molar refractivity (Wildman–Crippen MR) is 66.3 cm³/mol. The minimum atomic E-state index is 0.549. The molecule has 0 atom stereocenters. The van der Waals surface area contributed by atoms with Crippen LogP contribution in [0.4, 0.5) is 11.4 Å². The van der Waals surface area contributed by atoms with Gasteiger partial charge >= 0.3 is 0 Å². The third kappa shape index (κ3) is 2.58. The van der Waals surface area contributed by atoms with Gasteiger partial charge in [0.05, 0.1) is 29.6 Å². The summed E-state index contributed by atoms with van der Waals surface area (Å²) < 4.78 is 5.43. The van der Waals surface area contributed by atoms with E-state index in [0.717, 1.165) is 17.2 Å². The van der Waals surface area contributed by atoms with Crippen LogP contribution < -0.4 is 11.1 Å². The van der Waals surface area contributed by atoms with Crippen molar-refractivity contribution in [1.82, 2.24) is 0 Å². The van der Waals surface area contributed by atoms with Gasteiger partial charge in [-0.25, -0.2) is 0 Å². The zero-order chi connectivity index (χ0) is 12.3. The largest absolute Gasteiger partial charge is 0.465 e. The number of nitrogens with zero attached hydrogens (tertiary/aromatic N) is 1. The fourth-order valence-corrected chi connectivity index (χ4v) is 1.54. The topological polar surface area (TPSA) is 75.0 Å². The van der Waals surface area contributed by atoms with Crippen molar-refractivity contribution >= 4 is 11.4 Å². The van der Waals surface area contributed by atoms with Crippen LogP contribution in [0.5, 0.6) is 0 Å². The summed E-state index contributed by atoms with van der Waals surface area (Å²) in [7, 11) is 0. The lowest BCUT2D eigenvalue weighted by atomic mass is 10.2. The van der Waals surface area contributed by atoms with Crippen LogP contribution >= 0.6 is 0 Å². The Balaban J connectivity index is 2.11. The van der Waals surface area contributed by atoms with Gasteiger partial charge in [-0.2, -0.15) is 5.26 Å². The molecule has 17 heavy (non-hydrogen) atoms. The van der Waals surface area contributed by atoms with E-state index in [1.54, 1.807) is 18.2 Å². The van der Waals surface area contributed by atoms with Crippen molar-refractivity contribution in [1.29, 1.82) is 5.26 Å².